The van der Waals surface area contributed by atoms with E-state index in [0.717, 1.165) is 25.4 Å². The van der Waals surface area contributed by atoms with E-state index in [4.69, 9.17) is 0 Å². The zero-order valence-electron chi connectivity index (χ0n) is 10.5. The fourth-order valence-corrected chi connectivity index (χ4v) is 1.87. The SMILES string of the molecule is CCCN(CC1CC1)C(=O)n1cc[n+](C)c1.[I-]. The molecule has 0 radical (unpaired) electrons. The summed E-state index contributed by atoms with van der Waals surface area (Å²) in [6.45, 7) is 3.90. The Morgan fingerprint density at radius 1 is 1.53 bits per heavy atom. The van der Waals surface area contributed by atoms with Crippen LogP contribution in [0.15, 0.2) is 18.7 Å². The number of hydrogen-bond acceptors (Lipinski definition) is 1. The largest absolute Gasteiger partial charge is 1.00 e. The predicted molar refractivity (Wildman–Crippen MR) is 61.0 cm³/mol. The second kappa shape index (κ2) is 6.37. The van der Waals surface area contributed by atoms with Crippen LogP contribution in [0.3, 0.4) is 0 Å². The number of nitrogens with zero attached hydrogens (tertiary/aromatic N) is 3. The third kappa shape index (κ3) is 3.97. The Hall–Kier alpha value is -0.590. The van der Waals surface area contributed by atoms with Gasteiger partial charge in [0.15, 0.2) is 0 Å². The van der Waals surface area contributed by atoms with E-state index < -0.39 is 0 Å². The van der Waals surface area contributed by atoms with Crippen molar-refractivity contribution in [1.82, 2.24) is 9.47 Å². The summed E-state index contributed by atoms with van der Waals surface area (Å²) in [4.78, 5) is 14.2. The fraction of sp³-hybridized carbons (Fsp3) is 0.667. The Bertz CT molecular complexity index is 374. The Balaban J connectivity index is 0.00000144. The molecule has 0 saturated heterocycles. The molecule has 1 fully saturated rings. The first kappa shape index (κ1) is 14.5. The summed E-state index contributed by atoms with van der Waals surface area (Å²) < 4.78 is 3.55. The van der Waals surface area contributed by atoms with Gasteiger partial charge in [0.05, 0.1) is 7.05 Å². The van der Waals surface area contributed by atoms with Crippen molar-refractivity contribution in [1.29, 1.82) is 0 Å². The van der Waals surface area contributed by atoms with Crippen LogP contribution in [-0.2, 0) is 7.05 Å². The lowest BCUT2D eigenvalue weighted by atomic mass is 10.3. The van der Waals surface area contributed by atoms with E-state index in [9.17, 15) is 4.79 Å². The molecule has 1 saturated carbocycles. The van der Waals surface area contributed by atoms with Crippen molar-refractivity contribution in [3.63, 3.8) is 0 Å². The standard InChI is InChI=1S/C12H20N3O.HI/c1-3-6-14(9-11-4-5-11)12(16)15-8-7-13(2)10-15;/h7-8,10-11H,3-6,9H2,1-2H3;1H/q+1;/p-1. The Morgan fingerprint density at radius 3 is 2.71 bits per heavy atom. The molecular formula is C12H20IN3O. The molecule has 1 amide bonds. The summed E-state index contributed by atoms with van der Waals surface area (Å²) in [7, 11) is 1.93. The minimum Gasteiger partial charge on any atom is -1.00 e. The summed E-state index contributed by atoms with van der Waals surface area (Å²) >= 11 is 0. The van der Waals surface area contributed by atoms with E-state index in [1.165, 1.54) is 12.8 Å². The van der Waals surface area contributed by atoms with E-state index in [1.54, 1.807) is 4.57 Å². The quantitative estimate of drug-likeness (QED) is 0.476. The molecule has 4 nitrogen and oxygen atoms in total. The van der Waals surface area contributed by atoms with Crippen LogP contribution in [-0.4, -0.2) is 28.6 Å². The number of hydrogen-bond donors (Lipinski definition) is 0. The molecular weight excluding hydrogens is 329 g/mol. The molecule has 0 bridgehead atoms. The molecule has 0 N–H and O–H groups in total. The van der Waals surface area contributed by atoms with Crippen LogP contribution in [0.25, 0.3) is 0 Å². The van der Waals surface area contributed by atoms with Gasteiger partial charge in [0, 0.05) is 13.1 Å². The molecule has 1 aliphatic rings. The third-order valence-electron chi connectivity index (χ3n) is 2.93. The minimum atomic E-state index is 0. The van der Waals surface area contributed by atoms with Gasteiger partial charge in [0.2, 0.25) is 0 Å². The zero-order chi connectivity index (χ0) is 11.5. The van der Waals surface area contributed by atoms with E-state index in [1.807, 2.05) is 35.2 Å². The van der Waals surface area contributed by atoms with Gasteiger partial charge in [-0.3, -0.25) is 0 Å². The zero-order valence-corrected chi connectivity index (χ0v) is 12.6. The van der Waals surface area contributed by atoms with Gasteiger partial charge in [0.25, 0.3) is 6.33 Å². The van der Waals surface area contributed by atoms with Crippen molar-refractivity contribution in [2.75, 3.05) is 13.1 Å². The molecule has 1 aromatic rings. The van der Waals surface area contributed by atoms with Crippen molar-refractivity contribution in [3.8, 4) is 0 Å². The highest BCUT2D eigenvalue weighted by Gasteiger charge is 2.28. The molecule has 5 heteroatoms. The predicted octanol–water partition coefficient (Wildman–Crippen LogP) is -1.59. The van der Waals surface area contributed by atoms with Crippen LogP contribution in [0.5, 0.6) is 0 Å². The molecule has 1 heterocycles. The van der Waals surface area contributed by atoms with Crippen molar-refractivity contribution in [2.24, 2.45) is 13.0 Å². The number of amides is 1. The van der Waals surface area contributed by atoms with Crippen molar-refractivity contribution in [2.45, 2.75) is 26.2 Å². The highest BCUT2D eigenvalue weighted by Crippen LogP contribution is 2.29. The second-order valence-electron chi connectivity index (χ2n) is 4.66. The lowest BCUT2D eigenvalue weighted by Crippen LogP contribution is -3.00. The van der Waals surface area contributed by atoms with Crippen LogP contribution in [0.4, 0.5) is 4.79 Å². The lowest BCUT2D eigenvalue weighted by molar-refractivity contribution is -0.670. The van der Waals surface area contributed by atoms with Crippen LogP contribution >= 0.6 is 0 Å². The van der Waals surface area contributed by atoms with Gasteiger partial charge in [-0.15, -0.1) is 0 Å². The molecule has 0 spiro atoms. The first-order chi connectivity index (χ1) is 7.70. The summed E-state index contributed by atoms with van der Waals surface area (Å²) in [5.41, 5.74) is 0. The molecule has 0 aliphatic heterocycles. The number of carbonyl (C=O) groups is 1. The number of halogens is 1. The van der Waals surface area contributed by atoms with Crippen LogP contribution in [0.1, 0.15) is 26.2 Å². The summed E-state index contributed by atoms with van der Waals surface area (Å²) in [6.07, 6.45) is 9.11. The van der Waals surface area contributed by atoms with E-state index in [2.05, 4.69) is 6.92 Å². The molecule has 0 aromatic carbocycles. The number of aromatic nitrogens is 2. The lowest BCUT2D eigenvalue weighted by Gasteiger charge is -2.18. The van der Waals surface area contributed by atoms with Gasteiger partial charge in [-0.2, -0.15) is 4.57 Å². The Labute approximate surface area is 120 Å². The molecule has 0 atom stereocenters. The molecule has 17 heavy (non-hydrogen) atoms. The maximum absolute atomic E-state index is 12.2. The molecule has 1 aliphatic carbocycles. The molecule has 96 valence electrons. The Morgan fingerprint density at radius 2 is 2.24 bits per heavy atom. The van der Waals surface area contributed by atoms with Gasteiger partial charge in [0.1, 0.15) is 12.4 Å². The fourth-order valence-electron chi connectivity index (χ4n) is 1.87. The normalized spacial score (nSPS) is 14.2. The maximum atomic E-state index is 12.2. The first-order valence-electron chi connectivity index (χ1n) is 6.03. The van der Waals surface area contributed by atoms with E-state index >= 15 is 0 Å². The monoisotopic (exact) mass is 349 g/mol. The number of carbonyl (C=O) groups excluding carboxylic acids is 1. The van der Waals surface area contributed by atoms with Crippen molar-refractivity contribution in [3.05, 3.63) is 18.7 Å². The van der Waals surface area contributed by atoms with Crippen molar-refractivity contribution < 1.29 is 33.3 Å². The topological polar surface area (TPSA) is 29.1 Å². The highest BCUT2D eigenvalue weighted by atomic mass is 127. The number of aryl methyl sites for hydroxylation is 1. The summed E-state index contributed by atoms with van der Waals surface area (Å²) in [5.74, 6) is 0.750. The smallest absolute Gasteiger partial charge is 0.415 e. The average Bonchev–Trinajstić information content (AvgIpc) is 2.97. The Kier molecular flexibility index (Phi) is 5.42. The maximum Gasteiger partial charge on any atom is 0.415 e. The van der Waals surface area contributed by atoms with Gasteiger partial charge in [-0.1, -0.05) is 6.92 Å². The van der Waals surface area contributed by atoms with E-state index in [0.29, 0.717) is 0 Å². The van der Waals surface area contributed by atoms with E-state index in [-0.39, 0.29) is 30.0 Å². The van der Waals surface area contributed by atoms with Gasteiger partial charge >= 0.3 is 6.03 Å². The molecule has 2 rings (SSSR count). The van der Waals surface area contributed by atoms with Gasteiger partial charge in [-0.25, -0.2) is 9.36 Å². The molecule has 1 aromatic heterocycles. The first-order valence-corrected chi connectivity index (χ1v) is 6.03. The summed E-state index contributed by atoms with van der Waals surface area (Å²) in [5, 5.41) is 0. The molecule has 0 unspecified atom stereocenters. The third-order valence-corrected chi connectivity index (χ3v) is 2.93. The summed E-state index contributed by atoms with van der Waals surface area (Å²) in [6, 6.07) is 0.106. The van der Waals surface area contributed by atoms with Crippen molar-refractivity contribution >= 4 is 6.03 Å². The highest BCUT2D eigenvalue weighted by molar-refractivity contribution is 5.76. The second-order valence-corrected chi connectivity index (χ2v) is 4.66. The van der Waals surface area contributed by atoms with Crippen LogP contribution in [0.2, 0.25) is 0 Å². The van der Waals surface area contributed by atoms with Crippen LogP contribution < -0.4 is 28.5 Å². The van der Waals surface area contributed by atoms with Gasteiger partial charge in [-0.05, 0) is 25.2 Å². The van der Waals surface area contributed by atoms with Crippen LogP contribution in [0, 0.1) is 5.92 Å². The average molecular weight is 349 g/mol. The van der Waals surface area contributed by atoms with Gasteiger partial charge < -0.3 is 28.9 Å². The number of imidazole rings is 1. The number of rotatable bonds is 4. The minimum absolute atomic E-state index is 0.